The average molecular weight is 270 g/mol. The Morgan fingerprint density at radius 1 is 1.53 bits per heavy atom. The van der Waals surface area contributed by atoms with Gasteiger partial charge in [-0.15, -0.1) is 11.3 Å². The number of nitrogens with zero attached hydrogens (tertiary/aromatic N) is 1. The molecule has 2 heterocycles. The molecule has 2 rings (SSSR count). The van der Waals surface area contributed by atoms with E-state index in [0.29, 0.717) is 18.2 Å². The molecule has 0 atom stereocenters. The molecule has 84 valence electrons. The minimum atomic E-state index is -3.72. The Balaban J connectivity index is 2.35. The normalized spacial score (nSPS) is 20.7. The predicted molar refractivity (Wildman–Crippen MR) is 54.4 cm³/mol. The van der Waals surface area contributed by atoms with Gasteiger partial charge in [0.15, 0.2) is 9.22 Å². The molecule has 0 N–H and O–H groups in total. The summed E-state index contributed by atoms with van der Waals surface area (Å²) in [6.07, 6.45) is 1.21. The van der Waals surface area contributed by atoms with Crippen molar-refractivity contribution in [1.82, 2.24) is 4.98 Å². The minimum Gasteiger partial charge on any atom is -0.342 e. The summed E-state index contributed by atoms with van der Waals surface area (Å²) in [6, 6.07) is 0. The van der Waals surface area contributed by atoms with E-state index in [2.05, 4.69) is 4.98 Å². The molecule has 1 aromatic heterocycles. The average Bonchev–Trinajstić information content (AvgIpc) is 2.69. The van der Waals surface area contributed by atoms with Gasteiger partial charge < -0.3 is 9.47 Å². The molecule has 0 radical (unpaired) electrons. The standard InChI is InChI=1S/C7H8ClNO4S2/c1-7(12-2-3-13-7)6-9-4-5(14-6)15(8,10)11/h4H,2-3H2,1H3. The second kappa shape index (κ2) is 3.67. The van der Waals surface area contributed by atoms with Crippen LogP contribution in [0, 0.1) is 0 Å². The Morgan fingerprint density at radius 3 is 2.60 bits per heavy atom. The van der Waals surface area contributed by atoms with Gasteiger partial charge in [-0.25, -0.2) is 13.4 Å². The zero-order chi connectivity index (χ0) is 11.1. The Kier molecular flexibility index (Phi) is 2.76. The molecule has 0 bridgehead atoms. The Hall–Kier alpha value is -0.210. The number of halogens is 1. The maximum absolute atomic E-state index is 11.0. The van der Waals surface area contributed by atoms with Gasteiger partial charge in [0.25, 0.3) is 9.05 Å². The van der Waals surface area contributed by atoms with Crippen molar-refractivity contribution in [3.8, 4) is 0 Å². The molecule has 0 amide bonds. The third-order valence-electron chi connectivity index (χ3n) is 1.95. The van der Waals surface area contributed by atoms with E-state index in [1.54, 1.807) is 6.92 Å². The first kappa shape index (κ1) is 11.3. The third kappa shape index (κ3) is 2.16. The SMILES string of the molecule is CC1(c2ncc(S(=O)(=O)Cl)s2)OCCO1. The molecule has 1 aliphatic heterocycles. The maximum Gasteiger partial charge on any atom is 0.272 e. The summed E-state index contributed by atoms with van der Waals surface area (Å²) < 4.78 is 32.7. The van der Waals surface area contributed by atoms with Gasteiger partial charge in [-0.2, -0.15) is 0 Å². The molecule has 0 unspecified atom stereocenters. The summed E-state index contributed by atoms with van der Waals surface area (Å²) in [7, 11) is 1.46. The van der Waals surface area contributed by atoms with Crippen LogP contribution in [0.2, 0.25) is 0 Å². The topological polar surface area (TPSA) is 65.5 Å². The second-order valence-electron chi connectivity index (χ2n) is 3.06. The van der Waals surface area contributed by atoms with Gasteiger partial charge in [0.1, 0.15) is 0 Å². The first-order chi connectivity index (χ1) is 6.92. The third-order valence-corrected chi connectivity index (χ3v) is 5.20. The van der Waals surface area contributed by atoms with Crippen LogP contribution in [0.4, 0.5) is 0 Å². The molecule has 1 aliphatic rings. The van der Waals surface area contributed by atoms with Crippen LogP contribution in [0.25, 0.3) is 0 Å². The zero-order valence-electron chi connectivity index (χ0n) is 7.77. The summed E-state index contributed by atoms with van der Waals surface area (Å²) in [5.74, 6) is -0.940. The highest BCUT2D eigenvalue weighted by molar-refractivity contribution is 8.15. The lowest BCUT2D eigenvalue weighted by Gasteiger charge is -2.18. The molecule has 0 saturated carbocycles. The number of hydrogen-bond acceptors (Lipinski definition) is 6. The van der Waals surface area contributed by atoms with Crippen LogP contribution < -0.4 is 0 Å². The Bertz CT molecular complexity index is 463. The largest absolute Gasteiger partial charge is 0.342 e. The van der Waals surface area contributed by atoms with E-state index in [4.69, 9.17) is 20.2 Å². The molecular weight excluding hydrogens is 262 g/mol. The predicted octanol–water partition coefficient (Wildman–Crippen LogP) is 1.29. The highest BCUT2D eigenvalue weighted by atomic mass is 35.7. The quantitative estimate of drug-likeness (QED) is 0.757. The number of thiazole rings is 1. The lowest BCUT2D eigenvalue weighted by Crippen LogP contribution is -2.21. The van der Waals surface area contributed by atoms with Gasteiger partial charge in [0, 0.05) is 10.7 Å². The summed E-state index contributed by atoms with van der Waals surface area (Å²) in [5.41, 5.74) is 0. The monoisotopic (exact) mass is 269 g/mol. The van der Waals surface area contributed by atoms with E-state index >= 15 is 0 Å². The van der Waals surface area contributed by atoms with Gasteiger partial charge in [-0.05, 0) is 6.92 Å². The van der Waals surface area contributed by atoms with Crippen molar-refractivity contribution in [2.24, 2.45) is 0 Å². The van der Waals surface area contributed by atoms with Crippen molar-refractivity contribution in [3.63, 3.8) is 0 Å². The summed E-state index contributed by atoms with van der Waals surface area (Å²) >= 11 is 0.955. The van der Waals surface area contributed by atoms with Crippen LogP contribution in [-0.2, 0) is 24.3 Å². The summed E-state index contributed by atoms with van der Waals surface area (Å²) in [4.78, 5) is 3.94. The van der Waals surface area contributed by atoms with Crippen LogP contribution in [0.5, 0.6) is 0 Å². The van der Waals surface area contributed by atoms with Crippen molar-refractivity contribution in [3.05, 3.63) is 11.2 Å². The first-order valence-electron chi connectivity index (χ1n) is 4.11. The highest BCUT2D eigenvalue weighted by Crippen LogP contribution is 2.35. The van der Waals surface area contributed by atoms with Crippen molar-refractivity contribution in [2.45, 2.75) is 16.9 Å². The lowest BCUT2D eigenvalue weighted by molar-refractivity contribution is -0.149. The molecule has 5 nitrogen and oxygen atoms in total. The Labute approximate surface area is 95.4 Å². The molecular formula is C7H8ClNO4S2. The van der Waals surface area contributed by atoms with E-state index in [9.17, 15) is 8.42 Å². The van der Waals surface area contributed by atoms with Crippen LogP contribution >= 0.6 is 22.0 Å². The van der Waals surface area contributed by atoms with E-state index in [-0.39, 0.29) is 4.21 Å². The molecule has 0 spiro atoms. The zero-order valence-corrected chi connectivity index (χ0v) is 10.2. The summed E-state index contributed by atoms with van der Waals surface area (Å²) in [5, 5.41) is 0.458. The molecule has 0 aliphatic carbocycles. The van der Waals surface area contributed by atoms with Gasteiger partial charge in [0.2, 0.25) is 5.79 Å². The molecule has 8 heteroatoms. The Morgan fingerprint density at radius 2 is 2.13 bits per heavy atom. The lowest BCUT2D eigenvalue weighted by atomic mass is 10.3. The van der Waals surface area contributed by atoms with Crippen molar-refractivity contribution in [2.75, 3.05) is 13.2 Å². The number of aromatic nitrogens is 1. The molecule has 1 fully saturated rings. The van der Waals surface area contributed by atoms with Gasteiger partial charge >= 0.3 is 0 Å². The highest BCUT2D eigenvalue weighted by Gasteiger charge is 2.37. The number of ether oxygens (including phenoxy) is 2. The maximum atomic E-state index is 11.0. The van der Waals surface area contributed by atoms with Crippen LogP contribution in [0.3, 0.4) is 0 Å². The molecule has 1 aromatic rings. The molecule has 15 heavy (non-hydrogen) atoms. The first-order valence-corrected chi connectivity index (χ1v) is 7.23. The van der Waals surface area contributed by atoms with Gasteiger partial charge in [-0.1, -0.05) is 0 Å². The van der Waals surface area contributed by atoms with Crippen LogP contribution in [-0.4, -0.2) is 26.6 Å². The van der Waals surface area contributed by atoms with E-state index in [1.165, 1.54) is 6.20 Å². The molecule has 0 aromatic carbocycles. The smallest absolute Gasteiger partial charge is 0.272 e. The minimum absolute atomic E-state index is 0.000471. The van der Waals surface area contributed by atoms with E-state index < -0.39 is 14.8 Å². The van der Waals surface area contributed by atoms with E-state index in [0.717, 1.165) is 11.3 Å². The van der Waals surface area contributed by atoms with Crippen molar-refractivity contribution >= 4 is 31.1 Å². The van der Waals surface area contributed by atoms with Crippen LogP contribution in [0.15, 0.2) is 10.4 Å². The summed E-state index contributed by atoms with van der Waals surface area (Å²) in [6.45, 7) is 2.64. The van der Waals surface area contributed by atoms with E-state index in [1.807, 2.05) is 0 Å². The number of rotatable bonds is 2. The van der Waals surface area contributed by atoms with Crippen molar-refractivity contribution < 1.29 is 17.9 Å². The van der Waals surface area contributed by atoms with Gasteiger partial charge in [-0.3, -0.25) is 0 Å². The van der Waals surface area contributed by atoms with Crippen LogP contribution in [0.1, 0.15) is 11.9 Å². The second-order valence-corrected chi connectivity index (χ2v) is 6.89. The number of hydrogen-bond donors (Lipinski definition) is 0. The molecule has 1 saturated heterocycles. The fourth-order valence-corrected chi connectivity index (χ4v) is 3.14. The van der Waals surface area contributed by atoms with Crippen molar-refractivity contribution in [1.29, 1.82) is 0 Å². The fourth-order valence-electron chi connectivity index (χ4n) is 1.22. The fraction of sp³-hybridized carbons (Fsp3) is 0.571. The van der Waals surface area contributed by atoms with Gasteiger partial charge in [0.05, 0.1) is 19.4 Å².